The Morgan fingerprint density at radius 3 is 1.83 bits per heavy atom. The van der Waals surface area contributed by atoms with Crippen LogP contribution in [0.25, 0.3) is 0 Å². The standard InChI is InChI=1S/C29H48O6/c1-6-11-13-22(9-4)20-34-28(31)25(29(32)35-21-23(10-5)14-12-7-2)18-24-15-16-26(30)27(19-24)33-17-8-3/h15-16,19,22-23,25,30H,6-14,17-18,20-21H2,1-5H3. The highest BCUT2D eigenvalue weighted by molar-refractivity contribution is 5.95. The van der Waals surface area contributed by atoms with E-state index < -0.39 is 17.9 Å². The predicted octanol–water partition coefficient (Wildman–Crippen LogP) is 6.86. The molecule has 0 aliphatic heterocycles. The van der Waals surface area contributed by atoms with E-state index >= 15 is 0 Å². The van der Waals surface area contributed by atoms with Gasteiger partial charge in [-0.25, -0.2) is 0 Å². The van der Waals surface area contributed by atoms with Gasteiger partial charge in [-0.3, -0.25) is 9.59 Å². The molecule has 1 rings (SSSR count). The largest absolute Gasteiger partial charge is 0.504 e. The van der Waals surface area contributed by atoms with Crippen LogP contribution >= 0.6 is 0 Å². The van der Waals surface area contributed by atoms with E-state index in [1.807, 2.05) is 6.92 Å². The van der Waals surface area contributed by atoms with E-state index in [4.69, 9.17) is 14.2 Å². The summed E-state index contributed by atoms with van der Waals surface area (Å²) in [5, 5.41) is 10.1. The molecule has 0 saturated carbocycles. The fourth-order valence-corrected chi connectivity index (χ4v) is 3.91. The number of carbonyl (C=O) groups excluding carboxylic acids is 2. The molecule has 2 unspecified atom stereocenters. The van der Waals surface area contributed by atoms with E-state index in [0.717, 1.165) is 57.8 Å². The quantitative estimate of drug-likeness (QED) is 0.168. The van der Waals surface area contributed by atoms with Crippen molar-refractivity contribution in [2.75, 3.05) is 19.8 Å². The number of phenolic OH excluding ortho intramolecular Hbond substituents is 1. The van der Waals surface area contributed by atoms with Crippen LogP contribution in [-0.4, -0.2) is 36.9 Å². The minimum absolute atomic E-state index is 0.0346. The molecule has 1 aromatic rings. The Kier molecular flexibility index (Phi) is 15.9. The lowest BCUT2D eigenvalue weighted by atomic mass is 9.97. The van der Waals surface area contributed by atoms with E-state index in [0.29, 0.717) is 31.1 Å². The van der Waals surface area contributed by atoms with Crippen molar-refractivity contribution < 1.29 is 28.9 Å². The van der Waals surface area contributed by atoms with Gasteiger partial charge in [-0.05, 0) is 55.2 Å². The average Bonchev–Trinajstić information content (AvgIpc) is 2.87. The molecule has 0 saturated heterocycles. The van der Waals surface area contributed by atoms with Gasteiger partial charge in [-0.1, -0.05) is 79.2 Å². The zero-order valence-electron chi connectivity index (χ0n) is 22.6. The molecule has 0 aliphatic carbocycles. The van der Waals surface area contributed by atoms with Crippen LogP contribution in [0.15, 0.2) is 18.2 Å². The second-order valence-corrected chi connectivity index (χ2v) is 9.50. The number of ether oxygens (including phenoxy) is 3. The van der Waals surface area contributed by atoms with Crippen molar-refractivity contribution in [3.05, 3.63) is 23.8 Å². The number of esters is 2. The Morgan fingerprint density at radius 2 is 1.37 bits per heavy atom. The molecule has 200 valence electrons. The fraction of sp³-hybridized carbons (Fsp3) is 0.724. The number of hydrogen-bond donors (Lipinski definition) is 1. The molecule has 0 fully saturated rings. The summed E-state index contributed by atoms with van der Waals surface area (Å²) in [6, 6.07) is 4.92. The summed E-state index contributed by atoms with van der Waals surface area (Å²) < 4.78 is 16.9. The van der Waals surface area contributed by atoms with Gasteiger partial charge in [-0.15, -0.1) is 0 Å². The Bertz CT molecular complexity index is 700. The van der Waals surface area contributed by atoms with Gasteiger partial charge < -0.3 is 19.3 Å². The molecule has 1 aromatic carbocycles. The van der Waals surface area contributed by atoms with Crippen molar-refractivity contribution in [2.45, 2.75) is 98.8 Å². The topological polar surface area (TPSA) is 82.1 Å². The maximum atomic E-state index is 13.1. The molecule has 0 heterocycles. The van der Waals surface area contributed by atoms with E-state index in [9.17, 15) is 14.7 Å². The maximum Gasteiger partial charge on any atom is 0.320 e. The molecule has 35 heavy (non-hydrogen) atoms. The van der Waals surface area contributed by atoms with E-state index in [1.165, 1.54) is 6.07 Å². The van der Waals surface area contributed by atoms with Crippen molar-refractivity contribution in [1.82, 2.24) is 0 Å². The maximum absolute atomic E-state index is 13.1. The van der Waals surface area contributed by atoms with Crippen LogP contribution in [0.3, 0.4) is 0 Å². The van der Waals surface area contributed by atoms with Gasteiger partial charge in [0.2, 0.25) is 0 Å². The van der Waals surface area contributed by atoms with Crippen LogP contribution in [0.1, 0.15) is 98.0 Å². The summed E-state index contributed by atoms with van der Waals surface area (Å²) in [6.45, 7) is 11.6. The van der Waals surface area contributed by atoms with Gasteiger partial charge in [0.1, 0.15) is 0 Å². The Balaban J connectivity index is 2.97. The van der Waals surface area contributed by atoms with Crippen molar-refractivity contribution in [3.8, 4) is 11.5 Å². The summed E-state index contributed by atoms with van der Waals surface area (Å²) in [5.74, 6) is -1.18. The first-order valence-electron chi connectivity index (χ1n) is 13.7. The minimum atomic E-state index is -1.05. The number of phenols is 1. The van der Waals surface area contributed by atoms with Crippen LogP contribution in [0.5, 0.6) is 11.5 Å². The van der Waals surface area contributed by atoms with Crippen LogP contribution in [-0.2, 0) is 25.5 Å². The van der Waals surface area contributed by atoms with Gasteiger partial charge in [0.05, 0.1) is 19.8 Å². The third-order valence-corrected chi connectivity index (χ3v) is 6.50. The number of benzene rings is 1. The van der Waals surface area contributed by atoms with E-state index in [2.05, 4.69) is 27.7 Å². The molecule has 2 atom stereocenters. The highest BCUT2D eigenvalue weighted by Gasteiger charge is 2.31. The predicted molar refractivity (Wildman–Crippen MR) is 140 cm³/mol. The summed E-state index contributed by atoms with van der Waals surface area (Å²) in [5.41, 5.74) is 0.712. The van der Waals surface area contributed by atoms with Gasteiger partial charge in [0.15, 0.2) is 17.4 Å². The van der Waals surface area contributed by atoms with E-state index in [-0.39, 0.29) is 24.0 Å². The normalized spacial score (nSPS) is 13.6. The molecule has 0 aromatic heterocycles. The average molecular weight is 493 g/mol. The number of aromatic hydroxyl groups is 1. The zero-order valence-corrected chi connectivity index (χ0v) is 22.6. The number of hydrogen-bond acceptors (Lipinski definition) is 6. The van der Waals surface area contributed by atoms with Crippen molar-refractivity contribution in [1.29, 1.82) is 0 Å². The van der Waals surface area contributed by atoms with Crippen LogP contribution < -0.4 is 4.74 Å². The van der Waals surface area contributed by atoms with Crippen LogP contribution in [0.2, 0.25) is 0 Å². The number of carbonyl (C=O) groups is 2. The molecular formula is C29H48O6. The van der Waals surface area contributed by atoms with Crippen LogP contribution in [0, 0.1) is 17.8 Å². The van der Waals surface area contributed by atoms with Gasteiger partial charge in [-0.2, -0.15) is 0 Å². The lowest BCUT2D eigenvalue weighted by Gasteiger charge is -2.20. The monoisotopic (exact) mass is 492 g/mol. The fourth-order valence-electron chi connectivity index (χ4n) is 3.91. The summed E-state index contributed by atoms with van der Waals surface area (Å²) >= 11 is 0. The van der Waals surface area contributed by atoms with Crippen molar-refractivity contribution in [3.63, 3.8) is 0 Å². The lowest BCUT2D eigenvalue weighted by molar-refractivity contribution is -0.163. The Morgan fingerprint density at radius 1 is 0.829 bits per heavy atom. The first kappa shape index (κ1) is 30.8. The molecule has 0 amide bonds. The second-order valence-electron chi connectivity index (χ2n) is 9.50. The molecule has 0 spiro atoms. The summed E-state index contributed by atoms with van der Waals surface area (Å²) in [7, 11) is 0. The van der Waals surface area contributed by atoms with Crippen molar-refractivity contribution in [2.24, 2.45) is 17.8 Å². The zero-order chi connectivity index (χ0) is 26.1. The van der Waals surface area contributed by atoms with Gasteiger partial charge >= 0.3 is 11.9 Å². The molecule has 1 N–H and O–H groups in total. The third kappa shape index (κ3) is 11.8. The van der Waals surface area contributed by atoms with Gasteiger partial charge in [0.25, 0.3) is 0 Å². The highest BCUT2D eigenvalue weighted by Crippen LogP contribution is 2.29. The molecular weight excluding hydrogens is 444 g/mol. The first-order valence-corrected chi connectivity index (χ1v) is 13.7. The van der Waals surface area contributed by atoms with Crippen LogP contribution in [0.4, 0.5) is 0 Å². The molecule has 6 heteroatoms. The van der Waals surface area contributed by atoms with Gasteiger partial charge in [0, 0.05) is 0 Å². The first-order chi connectivity index (χ1) is 16.9. The minimum Gasteiger partial charge on any atom is -0.504 e. The summed E-state index contributed by atoms with van der Waals surface area (Å²) in [4.78, 5) is 26.2. The Hall–Kier alpha value is -2.24. The lowest BCUT2D eigenvalue weighted by Crippen LogP contribution is -2.32. The second kappa shape index (κ2) is 18.1. The molecule has 0 bridgehead atoms. The number of unbranched alkanes of at least 4 members (excludes halogenated alkanes) is 2. The summed E-state index contributed by atoms with van der Waals surface area (Å²) in [6.07, 6.45) is 9.16. The molecule has 6 nitrogen and oxygen atoms in total. The van der Waals surface area contributed by atoms with Crippen molar-refractivity contribution >= 4 is 11.9 Å². The third-order valence-electron chi connectivity index (χ3n) is 6.50. The molecule has 0 radical (unpaired) electrons. The highest BCUT2D eigenvalue weighted by atomic mass is 16.6. The smallest absolute Gasteiger partial charge is 0.320 e. The Labute approximate surface area is 212 Å². The number of rotatable bonds is 19. The molecule has 0 aliphatic rings. The SMILES string of the molecule is CCCCC(CC)COC(=O)C(Cc1ccc(O)c(OCCC)c1)C(=O)OCC(CC)CCCC. The van der Waals surface area contributed by atoms with E-state index in [1.54, 1.807) is 12.1 Å².